The van der Waals surface area contributed by atoms with Gasteiger partial charge in [-0.1, -0.05) is 139 Å². The molecule has 0 nitrogen and oxygen atoms in total. The third-order valence-electron chi connectivity index (χ3n) is 4.16. The summed E-state index contributed by atoms with van der Waals surface area (Å²) in [5.74, 6) is 0. The maximum atomic E-state index is 3.63. The Morgan fingerprint density at radius 1 is 0.500 bits per heavy atom. The topological polar surface area (TPSA) is 0 Å². The van der Waals surface area contributed by atoms with E-state index in [0.717, 1.165) is 0 Å². The summed E-state index contributed by atoms with van der Waals surface area (Å²) in [4.78, 5) is 0. The summed E-state index contributed by atoms with van der Waals surface area (Å²) in [6.45, 7) is 5.92. The van der Waals surface area contributed by atoms with Crippen molar-refractivity contribution in [2.75, 3.05) is 0 Å². The number of rotatable bonds is 17. The van der Waals surface area contributed by atoms with Gasteiger partial charge in [0.1, 0.15) is 0 Å². The zero-order valence-electron chi connectivity index (χ0n) is 16.1. The molecule has 0 radical (unpaired) electrons. The highest BCUT2D eigenvalue weighted by Gasteiger charge is 1.92. The maximum absolute atomic E-state index is 3.63. The van der Waals surface area contributed by atoms with Crippen LogP contribution in [0.25, 0.3) is 0 Å². The van der Waals surface area contributed by atoms with Crippen molar-refractivity contribution >= 4 is 0 Å². The van der Waals surface area contributed by atoms with Crippen molar-refractivity contribution in [3.63, 3.8) is 0 Å². The molecule has 0 atom stereocenters. The maximum Gasteiger partial charge on any atom is -0.0348 e. The van der Waals surface area contributed by atoms with Crippen molar-refractivity contribution in [2.45, 2.75) is 90.4 Å². The molecule has 136 valence electrons. The molecule has 0 rings (SSSR count). The number of hydrogen-bond acceptors (Lipinski definition) is 0. The van der Waals surface area contributed by atoms with E-state index in [1.54, 1.807) is 6.08 Å². The third kappa shape index (κ3) is 20.7. The van der Waals surface area contributed by atoms with E-state index < -0.39 is 0 Å². The highest BCUT2D eigenvalue weighted by Crippen LogP contribution is 2.12. The second kappa shape index (κ2) is 21.7. The van der Waals surface area contributed by atoms with Gasteiger partial charge in [-0.05, 0) is 12.8 Å². The molecule has 0 heteroatoms. The zero-order chi connectivity index (χ0) is 17.6. The lowest BCUT2D eigenvalue weighted by Crippen LogP contribution is -1.82. The predicted octanol–water partition coefficient (Wildman–Crippen LogP) is 8.49. The monoisotopic (exact) mass is 328 g/mol. The second-order valence-electron chi connectivity index (χ2n) is 6.50. The molecule has 0 aromatic heterocycles. The molecule has 0 amide bonds. The summed E-state index contributed by atoms with van der Waals surface area (Å²) < 4.78 is 0. The van der Waals surface area contributed by atoms with Crippen LogP contribution in [0.4, 0.5) is 0 Å². The summed E-state index contributed by atoms with van der Waals surface area (Å²) in [5, 5.41) is 0. The molecule has 0 fully saturated rings. The molecule has 0 heterocycles. The highest BCUT2D eigenvalue weighted by atomic mass is 14.0. The van der Waals surface area contributed by atoms with Crippen molar-refractivity contribution in [3.8, 4) is 0 Å². The van der Waals surface area contributed by atoms with Gasteiger partial charge in [0.25, 0.3) is 0 Å². The molecule has 0 aromatic rings. The molecule has 0 aliphatic rings. The minimum Gasteiger partial charge on any atom is -0.0991 e. The molecule has 0 aliphatic carbocycles. The third-order valence-corrected chi connectivity index (χ3v) is 4.16. The molecule has 0 unspecified atom stereocenters. The fourth-order valence-electron chi connectivity index (χ4n) is 2.68. The Morgan fingerprint density at radius 2 is 0.917 bits per heavy atom. The zero-order valence-corrected chi connectivity index (χ0v) is 16.1. The molecule has 0 spiro atoms. The Bertz CT molecular complexity index is 354. The summed E-state index contributed by atoms with van der Waals surface area (Å²) in [6.07, 6.45) is 36.6. The van der Waals surface area contributed by atoms with Crippen molar-refractivity contribution in [1.29, 1.82) is 0 Å². The Hall–Kier alpha value is -1.30. The van der Waals surface area contributed by atoms with Crippen LogP contribution in [0.15, 0.2) is 61.3 Å². The molecular formula is C24H40. The normalized spacial score (nSPS) is 12.4. The first-order valence-electron chi connectivity index (χ1n) is 10.2. The molecule has 0 saturated carbocycles. The number of allylic oxidation sites excluding steroid dienone is 9. The van der Waals surface area contributed by atoms with Crippen LogP contribution in [0.3, 0.4) is 0 Å². The Kier molecular flexibility index (Phi) is 20.5. The van der Waals surface area contributed by atoms with E-state index in [9.17, 15) is 0 Å². The molecule has 24 heavy (non-hydrogen) atoms. The second-order valence-corrected chi connectivity index (χ2v) is 6.50. The minimum atomic E-state index is 1.21. The highest BCUT2D eigenvalue weighted by molar-refractivity contribution is 5.17. The standard InChI is InChI=1S/C24H40/c1-3-5-7-9-11-13-15-17-19-21-23-24-22-20-18-16-14-12-10-8-6-4-2/h3,5,7,9,11,13,15,17,19H,1,4,6,8,10,12,14,16,18,20-24H2,2H3. The van der Waals surface area contributed by atoms with Gasteiger partial charge in [0, 0.05) is 0 Å². The Morgan fingerprint density at radius 3 is 1.42 bits per heavy atom. The van der Waals surface area contributed by atoms with E-state index in [4.69, 9.17) is 0 Å². The van der Waals surface area contributed by atoms with Crippen LogP contribution < -0.4 is 0 Å². The molecule has 0 aliphatic heterocycles. The van der Waals surface area contributed by atoms with Crippen LogP contribution in [0.1, 0.15) is 90.4 Å². The van der Waals surface area contributed by atoms with E-state index in [-0.39, 0.29) is 0 Å². The summed E-state index contributed by atoms with van der Waals surface area (Å²) in [7, 11) is 0. The quantitative estimate of drug-likeness (QED) is 0.185. The SMILES string of the molecule is C=CC=CC=CC=CC=CCCCCCCCCCCCCCC. The average Bonchev–Trinajstić information content (AvgIpc) is 2.60. The fraction of sp³-hybridized carbons (Fsp3) is 0.583. The average molecular weight is 329 g/mol. The van der Waals surface area contributed by atoms with Gasteiger partial charge in [0.15, 0.2) is 0 Å². The van der Waals surface area contributed by atoms with Gasteiger partial charge in [0.2, 0.25) is 0 Å². The molecule has 0 N–H and O–H groups in total. The molecule has 0 aromatic carbocycles. The first-order valence-corrected chi connectivity index (χ1v) is 10.2. The van der Waals surface area contributed by atoms with Crippen LogP contribution in [0.2, 0.25) is 0 Å². The Labute approximate surface area is 152 Å². The van der Waals surface area contributed by atoms with Gasteiger partial charge in [-0.3, -0.25) is 0 Å². The van der Waals surface area contributed by atoms with Gasteiger partial charge in [0.05, 0.1) is 0 Å². The lowest BCUT2D eigenvalue weighted by atomic mass is 10.0. The first-order chi connectivity index (χ1) is 11.9. The lowest BCUT2D eigenvalue weighted by Gasteiger charge is -2.02. The summed E-state index contributed by atoms with van der Waals surface area (Å²) >= 11 is 0. The van der Waals surface area contributed by atoms with Crippen LogP contribution in [-0.2, 0) is 0 Å². The molecule has 0 saturated heterocycles. The van der Waals surface area contributed by atoms with Gasteiger partial charge >= 0.3 is 0 Å². The van der Waals surface area contributed by atoms with E-state index in [1.165, 1.54) is 83.5 Å². The van der Waals surface area contributed by atoms with E-state index in [2.05, 4.69) is 37.8 Å². The van der Waals surface area contributed by atoms with Gasteiger partial charge < -0.3 is 0 Å². The number of hydrogen-bond donors (Lipinski definition) is 0. The van der Waals surface area contributed by atoms with Crippen LogP contribution in [0, 0.1) is 0 Å². The van der Waals surface area contributed by atoms with Gasteiger partial charge in [-0.25, -0.2) is 0 Å². The van der Waals surface area contributed by atoms with Gasteiger partial charge in [-0.15, -0.1) is 0 Å². The molecular weight excluding hydrogens is 288 g/mol. The minimum absolute atomic E-state index is 1.21. The van der Waals surface area contributed by atoms with E-state index in [1.807, 2.05) is 24.3 Å². The summed E-state index contributed by atoms with van der Waals surface area (Å²) in [6, 6.07) is 0. The first kappa shape index (κ1) is 22.7. The van der Waals surface area contributed by atoms with Crippen molar-refractivity contribution in [3.05, 3.63) is 61.3 Å². The van der Waals surface area contributed by atoms with Crippen molar-refractivity contribution in [1.82, 2.24) is 0 Å². The van der Waals surface area contributed by atoms with Crippen molar-refractivity contribution in [2.24, 2.45) is 0 Å². The summed E-state index contributed by atoms with van der Waals surface area (Å²) in [5.41, 5.74) is 0. The van der Waals surface area contributed by atoms with Gasteiger partial charge in [-0.2, -0.15) is 0 Å². The van der Waals surface area contributed by atoms with E-state index >= 15 is 0 Å². The Balaban J connectivity index is 3.23. The van der Waals surface area contributed by atoms with Crippen LogP contribution >= 0.6 is 0 Å². The van der Waals surface area contributed by atoms with Crippen LogP contribution in [0.5, 0.6) is 0 Å². The number of unbranched alkanes of at least 4 members (excludes halogenated alkanes) is 12. The smallest absolute Gasteiger partial charge is 0.0348 e. The predicted molar refractivity (Wildman–Crippen MR) is 112 cm³/mol. The fourth-order valence-corrected chi connectivity index (χ4v) is 2.68. The molecule has 0 bridgehead atoms. The van der Waals surface area contributed by atoms with E-state index in [0.29, 0.717) is 0 Å². The lowest BCUT2D eigenvalue weighted by molar-refractivity contribution is 0.545. The largest absolute Gasteiger partial charge is 0.0991 e. The van der Waals surface area contributed by atoms with Crippen LogP contribution in [-0.4, -0.2) is 0 Å². The van der Waals surface area contributed by atoms with Crippen molar-refractivity contribution < 1.29 is 0 Å².